The van der Waals surface area contributed by atoms with Gasteiger partial charge in [-0.05, 0) is 121 Å². The topological polar surface area (TPSA) is 816 Å². The van der Waals surface area contributed by atoms with Crippen LogP contribution in [0.1, 0.15) is 108 Å². The number of ether oxygens (including phenoxy) is 8. The summed E-state index contributed by atoms with van der Waals surface area (Å²) in [5, 5.41) is 39.8. The van der Waals surface area contributed by atoms with E-state index in [1.807, 2.05) is 0 Å². The summed E-state index contributed by atoms with van der Waals surface area (Å²) in [6.45, 7) is 0. The lowest BCUT2D eigenvalue weighted by atomic mass is 9.77. The van der Waals surface area contributed by atoms with Gasteiger partial charge in [0.1, 0.15) is 92.0 Å². The van der Waals surface area contributed by atoms with Crippen molar-refractivity contribution < 1.29 is 208 Å². The first-order valence-electron chi connectivity index (χ1n) is 37.1. The number of aromatic hydroxyl groups is 4. The van der Waals surface area contributed by atoms with Gasteiger partial charge in [0.2, 0.25) is 0 Å². The Hall–Kier alpha value is -12.8. The summed E-state index contributed by atoms with van der Waals surface area (Å²) in [5.74, 6) is -3.23. The number of phenolic OH excluding ortho intramolecular Hbond substituents is 4. The molecule has 28 N–H and O–H groups in total. The number of esters is 4. The molecular formula is C80H68N4O44P8. The van der Waals surface area contributed by atoms with Gasteiger partial charge in [-0.2, -0.15) is 17.2 Å². The second-order valence-electron chi connectivity index (χ2n) is 28.8. The van der Waals surface area contributed by atoms with Crippen molar-refractivity contribution in [3.63, 3.8) is 0 Å². The van der Waals surface area contributed by atoms with Crippen molar-refractivity contribution in [3.8, 4) is 92.0 Å². The number of benzene rings is 12. The van der Waals surface area contributed by atoms with Crippen LogP contribution < -0.4 is 61.6 Å². The molecule has 0 amide bonds. The maximum atomic E-state index is 12.7. The van der Waals surface area contributed by atoms with Gasteiger partial charge in [0.25, 0.3) is 0 Å². The lowest BCUT2D eigenvalue weighted by molar-refractivity contribution is 0.0214. The van der Waals surface area contributed by atoms with Crippen LogP contribution in [0.25, 0.3) is 0 Å². The Kier molecular flexibility index (Phi) is 26.6. The fraction of sp³-hybridized carbons (Fsp3) is 0.0500. The Labute approximate surface area is 761 Å². The molecule has 8 unspecified atom stereocenters. The van der Waals surface area contributed by atoms with Gasteiger partial charge in [0.15, 0.2) is 22.4 Å². The minimum Gasteiger partial charge on any atom is -0.508 e. The van der Waals surface area contributed by atoms with E-state index in [2.05, 4.69) is 17.2 Å². The molecule has 8 heterocycles. The predicted octanol–water partition coefficient (Wildman–Crippen LogP) is 14.8. The van der Waals surface area contributed by atoms with Gasteiger partial charge in [0, 0.05) is 115 Å². The Morgan fingerprint density at radius 1 is 0.213 bits per heavy atom. The molecule has 0 aromatic heterocycles. The predicted molar refractivity (Wildman–Crippen MR) is 460 cm³/mol. The molecule has 0 aliphatic carbocycles. The molecule has 12 aromatic rings. The van der Waals surface area contributed by atoms with E-state index in [9.17, 15) is 95.7 Å². The SMILES string of the molecule is N.N.N.N.O=C1OC2(c3ccc(O)cc3Oc3cc(OP(=O)(O)OP(=O)(O)O)ccc32)c2ccccc21.O=C1OC2(c3ccc(O)cc3Oc3cc(OP(=O)(O)OP(=O)(O)O)ccc32)c2ccccc21.O=C1OC2(c3ccc(O)cc3Oc3cc(OP(=O)(O)OP(=O)(O)O)ccc32)c2ccccc21.O=C1OC2(c3ccc(O)cc3Oc3cc(OP(=O)(O)OP(=O)(O)O)ccc32)c2ccccc21. The van der Waals surface area contributed by atoms with Crippen LogP contribution in [0.5, 0.6) is 92.0 Å². The third-order valence-corrected chi connectivity index (χ3v) is 28.9. The average Bonchev–Trinajstić information content (AvgIpc) is 1.53. The summed E-state index contributed by atoms with van der Waals surface area (Å²) in [5.41, 5.74) is 0.884. The van der Waals surface area contributed by atoms with Crippen molar-refractivity contribution >= 4 is 86.5 Å². The van der Waals surface area contributed by atoms with E-state index >= 15 is 0 Å². The lowest BCUT2D eigenvalue weighted by Gasteiger charge is -2.36. The highest BCUT2D eigenvalue weighted by atomic mass is 31.3. The highest BCUT2D eigenvalue weighted by molar-refractivity contribution is 7.62. The van der Waals surface area contributed by atoms with E-state index in [0.717, 1.165) is 0 Å². The largest absolute Gasteiger partial charge is 0.536 e. The number of phosphoric acid groups is 8. The average molecular weight is 2040 g/mol. The minimum absolute atomic E-state index is 0. The van der Waals surface area contributed by atoms with E-state index in [4.69, 9.17) is 95.1 Å². The van der Waals surface area contributed by atoms with Crippen molar-refractivity contribution in [2.45, 2.75) is 22.4 Å². The fourth-order valence-corrected chi connectivity index (χ4v) is 22.3. The van der Waals surface area contributed by atoms with Crippen LogP contribution in [0, 0.1) is 0 Å². The maximum Gasteiger partial charge on any atom is 0.536 e. The second kappa shape index (κ2) is 36.0. The first-order chi connectivity index (χ1) is 61.9. The van der Waals surface area contributed by atoms with Crippen molar-refractivity contribution in [3.05, 3.63) is 332 Å². The standard InChI is InChI=1S/4C20H14O11P2.4H3N/c4*21-11-5-7-15-17(9-11)28-18-10-12(30-33(26,27)31-32(23,24)25)6-8-16(18)20(15)14-4-2-1-3-13(14)19(22)29-20;;;;/h4*1-10,21H,(H,26,27)(H2,23,24,25);4*1H3. The number of phosphoric ester groups is 4. The normalized spacial score (nSPS) is 19.6. The molecule has 20 rings (SSSR count). The van der Waals surface area contributed by atoms with E-state index in [1.54, 1.807) is 121 Å². The number of fused-ring (bicyclic) bond motifs is 24. The van der Waals surface area contributed by atoms with Gasteiger partial charge in [-0.15, -0.1) is 0 Å². The Morgan fingerprint density at radius 3 is 0.551 bits per heavy atom. The van der Waals surface area contributed by atoms with E-state index in [0.29, 0.717) is 89.0 Å². The van der Waals surface area contributed by atoms with Gasteiger partial charge < -0.3 is 140 Å². The summed E-state index contributed by atoms with van der Waals surface area (Å²) in [4.78, 5) is 160. The molecule has 8 atom stereocenters. The van der Waals surface area contributed by atoms with Gasteiger partial charge in [-0.25, -0.2) is 55.7 Å². The van der Waals surface area contributed by atoms with Gasteiger partial charge in [-0.1, -0.05) is 72.8 Å². The molecule has 712 valence electrons. The number of phenols is 4. The van der Waals surface area contributed by atoms with Crippen LogP contribution in [-0.4, -0.2) is 103 Å². The number of carbonyl (C=O) groups is 4. The van der Waals surface area contributed by atoms with Gasteiger partial charge >= 0.3 is 86.5 Å². The molecule has 0 saturated carbocycles. The van der Waals surface area contributed by atoms with Gasteiger partial charge in [0.05, 0.1) is 22.3 Å². The number of hydrogen-bond acceptors (Lipinski definition) is 36. The third-order valence-electron chi connectivity index (χ3n) is 20.4. The van der Waals surface area contributed by atoms with Crippen molar-refractivity contribution in [2.75, 3.05) is 0 Å². The third kappa shape index (κ3) is 19.0. The molecule has 0 fully saturated rings. The molecule has 4 spiro atoms. The summed E-state index contributed by atoms with van der Waals surface area (Å²) in [6, 6.07) is 59.5. The summed E-state index contributed by atoms with van der Waals surface area (Å²) < 4.78 is 173. The summed E-state index contributed by atoms with van der Waals surface area (Å²) >= 11 is 0. The van der Waals surface area contributed by atoms with E-state index in [-0.39, 0.29) is 117 Å². The van der Waals surface area contributed by atoms with E-state index in [1.165, 1.54) is 121 Å². The number of rotatable bonds is 16. The molecule has 136 heavy (non-hydrogen) atoms. The molecule has 56 heteroatoms. The van der Waals surface area contributed by atoms with Gasteiger partial charge in [-0.3, -0.25) is 19.6 Å². The molecule has 8 aliphatic heterocycles. The molecule has 8 aliphatic rings. The molecule has 0 bridgehead atoms. The van der Waals surface area contributed by atoms with Crippen molar-refractivity contribution in [1.29, 1.82) is 0 Å². The second-order valence-corrected chi connectivity index (χ2v) is 39.8. The zero-order valence-electron chi connectivity index (χ0n) is 68.1. The van der Waals surface area contributed by atoms with E-state index < -0.39 is 109 Å². The number of carbonyl (C=O) groups excluding carboxylic acids is 4. The zero-order chi connectivity index (χ0) is 94.4. The van der Waals surface area contributed by atoms with Crippen LogP contribution >= 0.6 is 62.6 Å². The van der Waals surface area contributed by atoms with Crippen molar-refractivity contribution in [1.82, 2.24) is 24.6 Å². The molecule has 12 aromatic carbocycles. The van der Waals surface area contributed by atoms with Crippen molar-refractivity contribution in [2.24, 2.45) is 0 Å². The highest BCUT2D eigenvalue weighted by Gasteiger charge is 2.59. The van der Waals surface area contributed by atoms with Crippen LogP contribution in [0.15, 0.2) is 243 Å². The fourth-order valence-electron chi connectivity index (χ4n) is 15.9. The minimum atomic E-state index is -5.32. The van der Waals surface area contributed by atoms with Crippen LogP contribution in [-0.2, 0) is 95.1 Å². The Bertz CT molecular complexity index is 6540. The Morgan fingerprint density at radius 2 is 0.375 bits per heavy atom. The maximum absolute atomic E-state index is 12.7. The zero-order valence-corrected chi connectivity index (χ0v) is 75.2. The molecule has 48 nitrogen and oxygen atoms in total. The summed E-state index contributed by atoms with van der Waals surface area (Å²) in [6.07, 6.45) is 0. The lowest BCUT2D eigenvalue weighted by Crippen LogP contribution is -2.32. The Balaban J connectivity index is 0.000000152. The first-order valence-corrected chi connectivity index (χ1v) is 49.2. The summed E-state index contributed by atoms with van der Waals surface area (Å²) in [7, 11) is -42.0. The smallest absolute Gasteiger partial charge is 0.508 e. The van der Waals surface area contributed by atoms with Crippen LogP contribution in [0.4, 0.5) is 0 Å². The molecular weight excluding hydrogens is 1970 g/mol. The quantitative estimate of drug-likeness (QED) is 0.0243. The molecule has 0 radical (unpaired) electrons. The number of hydrogen-bond donors (Lipinski definition) is 20. The highest BCUT2D eigenvalue weighted by Crippen LogP contribution is 2.67. The first kappa shape index (κ1) is 101. The monoisotopic (exact) mass is 2040 g/mol. The van der Waals surface area contributed by atoms with Crippen LogP contribution in [0.2, 0.25) is 0 Å². The molecule has 0 saturated heterocycles. The van der Waals surface area contributed by atoms with Crippen LogP contribution in [0.3, 0.4) is 0 Å².